The predicted molar refractivity (Wildman–Crippen MR) is 132 cm³/mol. The molecule has 190 valence electrons. The van der Waals surface area contributed by atoms with Crippen LogP contribution in [0.1, 0.15) is 42.5 Å². The Kier molecular flexibility index (Phi) is 7.33. The highest BCUT2D eigenvalue weighted by Crippen LogP contribution is 2.22. The molecular formula is C26H24FN5O5. The molecule has 37 heavy (non-hydrogen) atoms. The van der Waals surface area contributed by atoms with Crippen LogP contribution in [0, 0.1) is 5.82 Å². The molecule has 0 fully saturated rings. The Morgan fingerprint density at radius 1 is 0.892 bits per heavy atom. The maximum absolute atomic E-state index is 13.6. The molecule has 4 rings (SSSR count). The van der Waals surface area contributed by atoms with Gasteiger partial charge in [0.15, 0.2) is 17.3 Å². The van der Waals surface area contributed by atoms with Crippen molar-refractivity contribution in [1.82, 2.24) is 20.0 Å². The number of aromatic nitrogens is 2. The molecular weight excluding hydrogens is 481 g/mol. The van der Waals surface area contributed by atoms with Crippen molar-refractivity contribution in [3.63, 3.8) is 0 Å². The predicted octanol–water partition coefficient (Wildman–Crippen LogP) is 2.45. The lowest BCUT2D eigenvalue weighted by Gasteiger charge is -2.11. The van der Waals surface area contributed by atoms with E-state index in [2.05, 4.69) is 15.6 Å². The number of nitrogens with two attached hydrogens (primary N) is 1. The smallest absolute Gasteiger partial charge is 0.272 e. The van der Waals surface area contributed by atoms with E-state index in [1.54, 1.807) is 36.4 Å². The average molecular weight is 506 g/mol. The third-order valence-corrected chi connectivity index (χ3v) is 5.62. The maximum atomic E-state index is 13.6. The fourth-order valence-corrected chi connectivity index (χ4v) is 3.67. The Bertz CT molecular complexity index is 1480. The molecule has 0 spiro atoms. The highest BCUT2D eigenvalue weighted by atomic mass is 19.1. The van der Waals surface area contributed by atoms with Crippen LogP contribution in [0.4, 0.5) is 4.39 Å². The maximum Gasteiger partial charge on any atom is 0.272 e. The molecule has 4 aromatic rings. The third-order valence-electron chi connectivity index (χ3n) is 5.62. The lowest BCUT2D eigenvalue weighted by Crippen LogP contribution is -2.25. The fourth-order valence-electron chi connectivity index (χ4n) is 3.67. The molecule has 11 heteroatoms. The second-order valence-electron chi connectivity index (χ2n) is 8.00. The van der Waals surface area contributed by atoms with Gasteiger partial charge in [-0.25, -0.2) is 9.37 Å². The minimum atomic E-state index is -0.538. The average Bonchev–Trinajstić information content (AvgIpc) is 3.35. The number of benzene rings is 2. The number of carbonyl (C=O) groups excluding carboxylic acids is 3. The lowest BCUT2D eigenvalue weighted by molar-refractivity contribution is 0.0933. The van der Waals surface area contributed by atoms with Gasteiger partial charge in [-0.05, 0) is 47.5 Å². The van der Waals surface area contributed by atoms with E-state index >= 15 is 0 Å². The van der Waals surface area contributed by atoms with Crippen molar-refractivity contribution < 1.29 is 28.2 Å². The standard InChI is InChI=1S/C26H24FN5O5/c1-36-20-9-10-22-31-19(25(34)29-13-16-5-8-18(27)21(11-16)37-2)14-32(22)23(20)26(35)30-12-15-3-6-17(7-4-15)24(28)33/h3-11,14H,12-13H2,1-2H3,(H2,28,33)(H,29,34)(H,30,35). The molecule has 0 aliphatic heterocycles. The summed E-state index contributed by atoms with van der Waals surface area (Å²) in [4.78, 5) is 41.4. The van der Waals surface area contributed by atoms with Gasteiger partial charge in [-0.1, -0.05) is 18.2 Å². The van der Waals surface area contributed by atoms with E-state index in [0.717, 1.165) is 5.56 Å². The Hall–Kier alpha value is -4.93. The Morgan fingerprint density at radius 3 is 2.22 bits per heavy atom. The van der Waals surface area contributed by atoms with E-state index in [1.807, 2.05) is 0 Å². The number of methoxy groups -OCH3 is 2. The van der Waals surface area contributed by atoms with Crippen molar-refractivity contribution in [1.29, 1.82) is 0 Å². The Balaban J connectivity index is 1.52. The number of primary amides is 1. The number of amides is 3. The van der Waals surface area contributed by atoms with E-state index < -0.39 is 23.5 Å². The first-order chi connectivity index (χ1) is 17.8. The number of fused-ring (bicyclic) bond motifs is 1. The summed E-state index contributed by atoms with van der Waals surface area (Å²) in [6, 6.07) is 14.0. The minimum absolute atomic E-state index is 0.0750. The normalized spacial score (nSPS) is 10.7. The van der Waals surface area contributed by atoms with Gasteiger partial charge in [-0.2, -0.15) is 0 Å². The molecule has 2 heterocycles. The number of hydrogen-bond donors (Lipinski definition) is 3. The largest absolute Gasteiger partial charge is 0.494 e. The number of nitrogens with zero attached hydrogens (tertiary/aromatic N) is 2. The van der Waals surface area contributed by atoms with Gasteiger partial charge in [0.25, 0.3) is 11.8 Å². The molecule has 2 aromatic heterocycles. The molecule has 3 amide bonds. The number of ether oxygens (including phenoxy) is 2. The summed E-state index contributed by atoms with van der Waals surface area (Å²) >= 11 is 0. The summed E-state index contributed by atoms with van der Waals surface area (Å²) in [5.41, 5.74) is 7.62. The summed E-state index contributed by atoms with van der Waals surface area (Å²) in [6.07, 6.45) is 1.44. The lowest BCUT2D eigenvalue weighted by atomic mass is 10.1. The monoisotopic (exact) mass is 505 g/mol. The van der Waals surface area contributed by atoms with Gasteiger partial charge in [0, 0.05) is 24.8 Å². The van der Waals surface area contributed by atoms with Crippen LogP contribution in [0.25, 0.3) is 5.65 Å². The number of rotatable bonds is 9. The first-order valence-electron chi connectivity index (χ1n) is 11.1. The molecule has 0 atom stereocenters. The summed E-state index contributed by atoms with van der Waals surface area (Å²) in [7, 11) is 2.79. The number of nitrogens with one attached hydrogen (secondary N) is 2. The molecule has 0 bridgehead atoms. The van der Waals surface area contributed by atoms with Gasteiger partial charge < -0.3 is 25.8 Å². The topological polar surface area (TPSA) is 137 Å². The molecule has 0 aliphatic rings. The van der Waals surface area contributed by atoms with Crippen LogP contribution in [-0.4, -0.2) is 41.3 Å². The zero-order chi connectivity index (χ0) is 26.5. The van der Waals surface area contributed by atoms with Crippen molar-refractivity contribution >= 4 is 23.4 Å². The number of pyridine rings is 1. The van der Waals surface area contributed by atoms with Crippen LogP contribution < -0.4 is 25.8 Å². The van der Waals surface area contributed by atoms with Crippen molar-refractivity contribution in [2.75, 3.05) is 14.2 Å². The minimum Gasteiger partial charge on any atom is -0.494 e. The molecule has 0 saturated heterocycles. The van der Waals surface area contributed by atoms with Gasteiger partial charge in [-0.3, -0.25) is 18.8 Å². The second-order valence-corrected chi connectivity index (χ2v) is 8.00. The van der Waals surface area contributed by atoms with Gasteiger partial charge >= 0.3 is 0 Å². The summed E-state index contributed by atoms with van der Waals surface area (Å²) in [6.45, 7) is 0.301. The van der Waals surface area contributed by atoms with E-state index in [4.69, 9.17) is 15.2 Å². The molecule has 0 saturated carbocycles. The molecule has 2 aromatic carbocycles. The van der Waals surface area contributed by atoms with E-state index in [1.165, 1.54) is 43.0 Å². The van der Waals surface area contributed by atoms with Gasteiger partial charge in [0.1, 0.15) is 17.1 Å². The van der Waals surface area contributed by atoms with E-state index in [-0.39, 0.29) is 36.0 Å². The van der Waals surface area contributed by atoms with E-state index in [9.17, 15) is 18.8 Å². The fraction of sp³-hybridized carbons (Fsp3) is 0.154. The summed E-state index contributed by atoms with van der Waals surface area (Å²) < 4.78 is 25.4. The second kappa shape index (κ2) is 10.8. The van der Waals surface area contributed by atoms with Crippen LogP contribution >= 0.6 is 0 Å². The van der Waals surface area contributed by atoms with Crippen molar-refractivity contribution in [3.8, 4) is 11.5 Å². The summed E-state index contributed by atoms with van der Waals surface area (Å²) in [5.74, 6) is -1.61. The van der Waals surface area contributed by atoms with Crippen molar-refractivity contribution in [2.45, 2.75) is 13.1 Å². The molecule has 10 nitrogen and oxygen atoms in total. The first kappa shape index (κ1) is 25.2. The van der Waals surface area contributed by atoms with Crippen LogP contribution in [0.15, 0.2) is 60.8 Å². The van der Waals surface area contributed by atoms with Crippen molar-refractivity contribution in [2.24, 2.45) is 5.73 Å². The quantitative estimate of drug-likeness (QED) is 0.320. The van der Waals surface area contributed by atoms with Crippen LogP contribution in [0.3, 0.4) is 0 Å². The first-order valence-corrected chi connectivity index (χ1v) is 11.1. The highest BCUT2D eigenvalue weighted by Gasteiger charge is 2.20. The van der Waals surface area contributed by atoms with Crippen LogP contribution in [0.5, 0.6) is 11.5 Å². The zero-order valence-electron chi connectivity index (χ0n) is 20.1. The zero-order valence-corrected chi connectivity index (χ0v) is 20.1. The highest BCUT2D eigenvalue weighted by molar-refractivity contribution is 5.97. The Labute approximate surface area is 211 Å². The molecule has 0 radical (unpaired) electrons. The van der Waals surface area contributed by atoms with Crippen LogP contribution in [0.2, 0.25) is 0 Å². The van der Waals surface area contributed by atoms with Gasteiger partial charge in [0.2, 0.25) is 5.91 Å². The van der Waals surface area contributed by atoms with Gasteiger partial charge in [-0.15, -0.1) is 0 Å². The Morgan fingerprint density at radius 2 is 1.54 bits per heavy atom. The van der Waals surface area contributed by atoms with Crippen LogP contribution in [-0.2, 0) is 13.1 Å². The third kappa shape index (κ3) is 5.50. The molecule has 0 unspecified atom stereocenters. The number of carbonyl (C=O) groups is 3. The van der Waals surface area contributed by atoms with E-state index in [0.29, 0.717) is 16.8 Å². The molecule has 0 aliphatic carbocycles. The number of imidazole rings is 1. The van der Waals surface area contributed by atoms with Crippen molar-refractivity contribution in [3.05, 3.63) is 94.7 Å². The number of halogens is 1. The van der Waals surface area contributed by atoms with Gasteiger partial charge in [0.05, 0.1) is 14.2 Å². The SMILES string of the molecule is COc1cc(CNC(=O)c2cn3c(C(=O)NCc4ccc(C(N)=O)cc4)c(OC)ccc3n2)ccc1F. The number of hydrogen-bond acceptors (Lipinski definition) is 6. The summed E-state index contributed by atoms with van der Waals surface area (Å²) in [5, 5.41) is 5.53. The molecule has 4 N–H and O–H groups in total.